The van der Waals surface area contributed by atoms with Gasteiger partial charge in [-0.3, -0.25) is 9.78 Å². The Balaban J connectivity index is 1.50. The van der Waals surface area contributed by atoms with Gasteiger partial charge in [-0.25, -0.2) is 4.52 Å². The molecule has 1 aliphatic carbocycles. The van der Waals surface area contributed by atoms with E-state index in [9.17, 15) is 10.1 Å². The van der Waals surface area contributed by atoms with Gasteiger partial charge in [-0.05, 0) is 69.9 Å². The molecule has 0 radical (unpaired) electrons. The summed E-state index contributed by atoms with van der Waals surface area (Å²) in [4.78, 5) is 16.3. The molecule has 1 fully saturated rings. The van der Waals surface area contributed by atoms with Crippen molar-refractivity contribution < 1.29 is 9.53 Å². The molecule has 3 aromatic heterocycles. The number of carbonyl (C=O) groups excluding carboxylic acids is 1. The van der Waals surface area contributed by atoms with Crippen LogP contribution in [0.5, 0.6) is 5.75 Å². The molecule has 168 valence electrons. The van der Waals surface area contributed by atoms with Crippen LogP contribution in [-0.2, 0) is 11.2 Å². The maximum Gasteiger partial charge on any atom is 0.296 e. The summed E-state index contributed by atoms with van der Waals surface area (Å²) in [7, 11) is 0. The van der Waals surface area contributed by atoms with E-state index in [1.54, 1.807) is 16.9 Å². The van der Waals surface area contributed by atoms with Crippen molar-refractivity contribution in [2.75, 3.05) is 6.61 Å². The van der Waals surface area contributed by atoms with Crippen LogP contribution in [0.2, 0.25) is 0 Å². The Morgan fingerprint density at radius 1 is 1.36 bits per heavy atom. The lowest BCUT2D eigenvalue weighted by Crippen LogP contribution is -2.48. The summed E-state index contributed by atoms with van der Waals surface area (Å²) in [6.45, 7) is 4.54. The first-order valence-electron chi connectivity index (χ1n) is 11.2. The maximum atomic E-state index is 11.6. The van der Waals surface area contributed by atoms with Crippen LogP contribution in [0, 0.1) is 29.6 Å². The van der Waals surface area contributed by atoms with E-state index >= 15 is 0 Å². The molecule has 0 atom stereocenters. The van der Waals surface area contributed by atoms with Crippen molar-refractivity contribution in [1.82, 2.24) is 19.9 Å². The lowest BCUT2D eigenvalue weighted by molar-refractivity contribution is -0.117. The van der Waals surface area contributed by atoms with Gasteiger partial charge in [-0.2, -0.15) is 10.4 Å². The number of amides is 1. The predicted molar refractivity (Wildman–Crippen MR) is 125 cm³/mol. The molecule has 1 aliphatic rings. The van der Waals surface area contributed by atoms with Gasteiger partial charge in [0.25, 0.3) is 5.91 Å². The number of pyridine rings is 2. The van der Waals surface area contributed by atoms with Crippen molar-refractivity contribution in [3.8, 4) is 35.3 Å². The van der Waals surface area contributed by atoms with Gasteiger partial charge in [0.05, 0.1) is 30.1 Å². The van der Waals surface area contributed by atoms with E-state index in [1.807, 2.05) is 25.3 Å². The van der Waals surface area contributed by atoms with Gasteiger partial charge in [0.2, 0.25) is 0 Å². The monoisotopic (exact) mass is 441 g/mol. The molecule has 0 saturated heterocycles. The lowest BCUT2D eigenvalue weighted by atomic mass is 9.76. The number of nitrogens with one attached hydrogen (secondary N) is 1. The Hall–Kier alpha value is -3.84. The largest absolute Gasteiger partial charge is 0.492 e. The summed E-state index contributed by atoms with van der Waals surface area (Å²) in [5, 5.41) is 16.8. The van der Waals surface area contributed by atoms with Crippen LogP contribution in [0.3, 0.4) is 0 Å². The third-order valence-corrected chi connectivity index (χ3v) is 6.41. The van der Waals surface area contributed by atoms with Crippen LogP contribution in [0.1, 0.15) is 50.8 Å². The molecule has 1 amide bonds. The highest BCUT2D eigenvalue weighted by Gasteiger charge is 2.32. The minimum absolute atomic E-state index is 0.224. The molecule has 7 heteroatoms. The molecule has 33 heavy (non-hydrogen) atoms. The number of aromatic nitrogens is 3. The van der Waals surface area contributed by atoms with Gasteiger partial charge in [-0.15, -0.1) is 6.42 Å². The highest BCUT2D eigenvalue weighted by atomic mass is 16.5. The summed E-state index contributed by atoms with van der Waals surface area (Å²) in [5.41, 5.74) is 3.85. The van der Waals surface area contributed by atoms with Gasteiger partial charge in [0, 0.05) is 28.6 Å². The molecule has 7 nitrogen and oxygen atoms in total. The number of ether oxygens (including phenoxy) is 1. The molecule has 3 aromatic rings. The van der Waals surface area contributed by atoms with Crippen LogP contribution in [-0.4, -0.2) is 32.7 Å². The van der Waals surface area contributed by atoms with Crippen LogP contribution in [0.15, 0.2) is 36.8 Å². The van der Waals surface area contributed by atoms with E-state index in [1.165, 1.54) is 0 Å². The first kappa shape index (κ1) is 22.4. The molecule has 0 aliphatic heterocycles. The molecule has 0 aromatic carbocycles. The lowest BCUT2D eigenvalue weighted by Gasteiger charge is -2.37. The fourth-order valence-corrected chi connectivity index (χ4v) is 4.60. The van der Waals surface area contributed by atoms with Gasteiger partial charge in [-0.1, -0.05) is 6.07 Å². The number of fused-ring (bicyclic) bond motifs is 1. The molecule has 4 rings (SSSR count). The maximum absolute atomic E-state index is 11.6. The van der Waals surface area contributed by atoms with E-state index < -0.39 is 0 Å². The number of hydrogen-bond donors (Lipinski definition) is 1. The molecular formula is C26H27N5O2. The molecule has 3 heterocycles. The summed E-state index contributed by atoms with van der Waals surface area (Å²) in [6.07, 6.45) is 15.1. The molecule has 1 saturated carbocycles. The molecular weight excluding hydrogens is 414 g/mol. The SMILES string of the molecule is C#CC(=O)NC1(C)CCC(Cc2ccc(-c3cc(OCC)cn4ncc(C#N)c34)cn2)CC1. The van der Waals surface area contributed by atoms with Crippen molar-refractivity contribution in [2.24, 2.45) is 5.92 Å². The van der Waals surface area contributed by atoms with Gasteiger partial charge < -0.3 is 10.1 Å². The Morgan fingerprint density at radius 2 is 2.15 bits per heavy atom. The van der Waals surface area contributed by atoms with Gasteiger partial charge in [0.1, 0.15) is 11.8 Å². The van der Waals surface area contributed by atoms with Crippen molar-refractivity contribution in [3.05, 3.63) is 48.0 Å². The van der Waals surface area contributed by atoms with Crippen molar-refractivity contribution in [2.45, 2.75) is 51.5 Å². The second kappa shape index (κ2) is 9.34. The number of nitrogens with zero attached hydrogens (tertiary/aromatic N) is 4. The van der Waals surface area contributed by atoms with E-state index in [0.29, 0.717) is 23.8 Å². The van der Waals surface area contributed by atoms with Crippen LogP contribution in [0.25, 0.3) is 16.6 Å². The fraction of sp³-hybridized carbons (Fsp3) is 0.385. The fourth-order valence-electron chi connectivity index (χ4n) is 4.60. The predicted octanol–water partition coefficient (Wildman–Crippen LogP) is 3.91. The minimum Gasteiger partial charge on any atom is -0.492 e. The van der Waals surface area contributed by atoms with E-state index in [4.69, 9.17) is 16.1 Å². The van der Waals surface area contributed by atoms with Crippen LogP contribution >= 0.6 is 0 Å². The molecule has 1 N–H and O–H groups in total. The topological polar surface area (TPSA) is 92.3 Å². The minimum atomic E-state index is -0.339. The second-order valence-corrected chi connectivity index (χ2v) is 8.83. The zero-order valence-electron chi connectivity index (χ0n) is 19.0. The van der Waals surface area contributed by atoms with Crippen molar-refractivity contribution in [1.29, 1.82) is 5.26 Å². The van der Waals surface area contributed by atoms with Gasteiger partial charge >= 0.3 is 0 Å². The molecule has 0 bridgehead atoms. The Bertz CT molecular complexity index is 1240. The normalized spacial score (nSPS) is 20.1. The van der Waals surface area contributed by atoms with E-state index in [-0.39, 0.29) is 11.4 Å². The van der Waals surface area contributed by atoms with E-state index in [0.717, 1.165) is 54.4 Å². The van der Waals surface area contributed by atoms with Crippen molar-refractivity contribution >= 4 is 11.4 Å². The highest BCUT2D eigenvalue weighted by Crippen LogP contribution is 2.34. The molecule has 0 spiro atoms. The number of terminal acetylenes is 1. The van der Waals surface area contributed by atoms with Crippen LogP contribution < -0.4 is 10.1 Å². The first-order chi connectivity index (χ1) is 15.9. The number of carbonyl (C=O) groups is 1. The summed E-state index contributed by atoms with van der Waals surface area (Å²) >= 11 is 0. The Labute approximate surface area is 193 Å². The number of rotatable bonds is 6. The average Bonchev–Trinajstić information content (AvgIpc) is 3.24. The van der Waals surface area contributed by atoms with Crippen LogP contribution in [0.4, 0.5) is 0 Å². The quantitative estimate of drug-likeness (QED) is 0.586. The highest BCUT2D eigenvalue weighted by molar-refractivity contribution is 5.93. The van der Waals surface area contributed by atoms with Gasteiger partial charge in [0.15, 0.2) is 0 Å². The summed E-state index contributed by atoms with van der Waals surface area (Å²) in [6, 6.07) is 8.25. The molecule has 0 unspecified atom stereocenters. The second-order valence-electron chi connectivity index (χ2n) is 8.83. The van der Waals surface area contributed by atoms with Crippen molar-refractivity contribution in [3.63, 3.8) is 0 Å². The Morgan fingerprint density at radius 3 is 2.79 bits per heavy atom. The first-order valence-corrected chi connectivity index (χ1v) is 11.2. The summed E-state index contributed by atoms with van der Waals surface area (Å²) in [5.74, 6) is 3.02. The number of nitriles is 1. The standard InChI is InChI=1S/C26H27N5O2/c1-4-24(32)30-26(3)10-8-18(9-11-26)12-21-7-6-19(15-28-21)23-13-22(33-5-2)17-31-25(23)20(14-27)16-29-31/h1,6-7,13,15-18H,5,8-12H2,2-3H3,(H,30,32). The zero-order chi connectivity index (χ0) is 23.4. The third-order valence-electron chi connectivity index (χ3n) is 6.41. The number of hydrogen-bond acceptors (Lipinski definition) is 5. The Kier molecular flexibility index (Phi) is 6.33. The zero-order valence-corrected chi connectivity index (χ0v) is 19.0. The summed E-state index contributed by atoms with van der Waals surface area (Å²) < 4.78 is 7.38. The average molecular weight is 442 g/mol. The smallest absolute Gasteiger partial charge is 0.296 e. The van der Waals surface area contributed by atoms with E-state index in [2.05, 4.69) is 35.4 Å². The third kappa shape index (κ3) is 4.83.